The first-order valence-corrected chi connectivity index (χ1v) is 5.18. The van der Waals surface area contributed by atoms with Crippen LogP contribution in [-0.4, -0.2) is 17.8 Å². The van der Waals surface area contributed by atoms with Crippen LogP contribution in [0.25, 0.3) is 0 Å². The monoisotopic (exact) mass is 196 g/mol. The van der Waals surface area contributed by atoms with Crippen molar-refractivity contribution in [2.75, 3.05) is 6.61 Å². The molecule has 1 aliphatic rings. The molecule has 1 aliphatic heterocycles. The van der Waals surface area contributed by atoms with Crippen LogP contribution in [0.4, 0.5) is 0 Å². The third-order valence-corrected chi connectivity index (χ3v) is 2.60. The van der Waals surface area contributed by atoms with E-state index < -0.39 is 0 Å². The van der Waals surface area contributed by atoms with E-state index in [4.69, 9.17) is 9.15 Å². The van der Waals surface area contributed by atoms with Crippen LogP contribution in [0.1, 0.15) is 37.4 Å². The fourth-order valence-corrected chi connectivity index (χ4v) is 1.74. The van der Waals surface area contributed by atoms with E-state index in [1.54, 1.807) is 0 Å². The van der Waals surface area contributed by atoms with Crippen LogP contribution in [0.5, 0.6) is 0 Å². The Kier molecular flexibility index (Phi) is 2.89. The topological polar surface area (TPSA) is 42.6 Å². The summed E-state index contributed by atoms with van der Waals surface area (Å²) in [7, 11) is 0. The van der Waals surface area contributed by atoms with E-state index in [-0.39, 0.29) is 12.2 Å². The van der Waals surface area contributed by atoms with E-state index in [1.165, 1.54) is 0 Å². The molecule has 3 nitrogen and oxygen atoms in total. The Balaban J connectivity index is 2.06. The van der Waals surface area contributed by atoms with E-state index in [0.29, 0.717) is 13.0 Å². The highest BCUT2D eigenvalue weighted by Gasteiger charge is 2.24. The van der Waals surface area contributed by atoms with Gasteiger partial charge in [0, 0.05) is 12.8 Å². The summed E-state index contributed by atoms with van der Waals surface area (Å²) in [5.74, 6) is 1.82. The van der Waals surface area contributed by atoms with Gasteiger partial charge in [-0.2, -0.15) is 0 Å². The van der Waals surface area contributed by atoms with Gasteiger partial charge < -0.3 is 14.3 Å². The number of aliphatic hydroxyl groups is 1. The molecule has 1 N–H and O–H groups in total. The zero-order valence-electron chi connectivity index (χ0n) is 8.40. The van der Waals surface area contributed by atoms with Crippen molar-refractivity contribution in [2.24, 2.45) is 0 Å². The van der Waals surface area contributed by atoms with Crippen molar-refractivity contribution in [1.29, 1.82) is 0 Å². The zero-order valence-corrected chi connectivity index (χ0v) is 8.40. The number of aryl methyl sites for hydroxylation is 1. The Morgan fingerprint density at radius 2 is 2.36 bits per heavy atom. The van der Waals surface area contributed by atoms with Crippen molar-refractivity contribution < 1.29 is 14.3 Å². The third kappa shape index (κ3) is 1.99. The Bertz CT molecular complexity index is 292. The molecule has 1 fully saturated rings. The lowest BCUT2D eigenvalue weighted by molar-refractivity contribution is -0.0539. The molecule has 2 atom stereocenters. The van der Waals surface area contributed by atoms with Gasteiger partial charge in [0.1, 0.15) is 17.6 Å². The SMILES string of the molecule is CCc1ccc(C2CC(O)CCO2)o1. The van der Waals surface area contributed by atoms with E-state index in [1.807, 2.05) is 12.1 Å². The summed E-state index contributed by atoms with van der Waals surface area (Å²) in [5.41, 5.74) is 0. The second-order valence-electron chi connectivity index (χ2n) is 3.70. The summed E-state index contributed by atoms with van der Waals surface area (Å²) in [5, 5.41) is 9.48. The van der Waals surface area contributed by atoms with Crippen molar-refractivity contribution >= 4 is 0 Å². The van der Waals surface area contributed by atoms with Gasteiger partial charge in [-0.05, 0) is 18.6 Å². The summed E-state index contributed by atoms with van der Waals surface area (Å²) >= 11 is 0. The summed E-state index contributed by atoms with van der Waals surface area (Å²) in [6, 6.07) is 3.92. The fourth-order valence-electron chi connectivity index (χ4n) is 1.74. The number of rotatable bonds is 2. The molecule has 78 valence electrons. The van der Waals surface area contributed by atoms with Gasteiger partial charge in [0.15, 0.2) is 0 Å². The van der Waals surface area contributed by atoms with Gasteiger partial charge in [0.05, 0.1) is 12.7 Å². The summed E-state index contributed by atoms with van der Waals surface area (Å²) in [4.78, 5) is 0. The van der Waals surface area contributed by atoms with Crippen LogP contribution in [0.15, 0.2) is 16.5 Å². The predicted molar refractivity (Wildman–Crippen MR) is 52.0 cm³/mol. The van der Waals surface area contributed by atoms with Gasteiger partial charge in [-0.3, -0.25) is 0 Å². The Morgan fingerprint density at radius 1 is 1.50 bits per heavy atom. The minimum Gasteiger partial charge on any atom is -0.463 e. The number of hydrogen-bond donors (Lipinski definition) is 1. The lowest BCUT2D eigenvalue weighted by Crippen LogP contribution is -2.23. The van der Waals surface area contributed by atoms with Crippen LogP contribution in [0, 0.1) is 0 Å². The number of furan rings is 1. The first kappa shape index (κ1) is 9.74. The lowest BCUT2D eigenvalue weighted by Gasteiger charge is -2.24. The van der Waals surface area contributed by atoms with Gasteiger partial charge in [-0.1, -0.05) is 6.92 Å². The van der Waals surface area contributed by atoms with Crippen molar-refractivity contribution in [3.8, 4) is 0 Å². The highest BCUT2D eigenvalue weighted by atomic mass is 16.5. The summed E-state index contributed by atoms with van der Waals surface area (Å²) in [6.07, 6.45) is 1.98. The van der Waals surface area contributed by atoms with Crippen LogP contribution in [0.2, 0.25) is 0 Å². The number of aliphatic hydroxyl groups excluding tert-OH is 1. The summed E-state index contributed by atoms with van der Waals surface area (Å²) in [6.45, 7) is 2.67. The van der Waals surface area contributed by atoms with E-state index in [2.05, 4.69) is 6.92 Å². The average molecular weight is 196 g/mol. The first-order chi connectivity index (χ1) is 6.79. The van der Waals surface area contributed by atoms with Crippen LogP contribution < -0.4 is 0 Å². The molecule has 1 saturated heterocycles. The molecule has 14 heavy (non-hydrogen) atoms. The van der Waals surface area contributed by atoms with Gasteiger partial charge in [0.2, 0.25) is 0 Å². The highest BCUT2D eigenvalue weighted by molar-refractivity contribution is 5.10. The van der Waals surface area contributed by atoms with Crippen LogP contribution in [0.3, 0.4) is 0 Å². The van der Waals surface area contributed by atoms with Gasteiger partial charge >= 0.3 is 0 Å². The second-order valence-corrected chi connectivity index (χ2v) is 3.70. The van der Waals surface area contributed by atoms with Crippen molar-refractivity contribution in [1.82, 2.24) is 0 Å². The summed E-state index contributed by atoms with van der Waals surface area (Å²) < 4.78 is 11.1. The molecule has 0 amide bonds. The molecule has 2 unspecified atom stereocenters. The minimum absolute atomic E-state index is 0.0564. The third-order valence-electron chi connectivity index (χ3n) is 2.60. The maximum atomic E-state index is 9.48. The average Bonchev–Trinajstić information content (AvgIpc) is 2.66. The molecule has 0 spiro atoms. The number of ether oxygens (including phenoxy) is 1. The van der Waals surface area contributed by atoms with E-state index in [9.17, 15) is 5.11 Å². The van der Waals surface area contributed by atoms with Gasteiger partial charge in [0.25, 0.3) is 0 Å². The van der Waals surface area contributed by atoms with Crippen LogP contribution in [-0.2, 0) is 11.2 Å². The van der Waals surface area contributed by atoms with Crippen LogP contribution >= 0.6 is 0 Å². The molecule has 2 heterocycles. The number of hydrogen-bond acceptors (Lipinski definition) is 3. The Labute approximate surface area is 83.7 Å². The highest BCUT2D eigenvalue weighted by Crippen LogP contribution is 2.29. The smallest absolute Gasteiger partial charge is 0.133 e. The first-order valence-electron chi connectivity index (χ1n) is 5.18. The molecule has 3 heteroatoms. The van der Waals surface area contributed by atoms with Gasteiger partial charge in [-0.25, -0.2) is 0 Å². The van der Waals surface area contributed by atoms with E-state index >= 15 is 0 Å². The minimum atomic E-state index is -0.246. The van der Waals surface area contributed by atoms with E-state index in [0.717, 1.165) is 24.4 Å². The molecular weight excluding hydrogens is 180 g/mol. The maximum absolute atomic E-state index is 9.48. The fraction of sp³-hybridized carbons (Fsp3) is 0.636. The van der Waals surface area contributed by atoms with Crippen molar-refractivity contribution in [3.63, 3.8) is 0 Å². The zero-order chi connectivity index (χ0) is 9.97. The largest absolute Gasteiger partial charge is 0.463 e. The Hall–Kier alpha value is -0.800. The molecule has 1 aromatic rings. The van der Waals surface area contributed by atoms with Gasteiger partial charge in [-0.15, -0.1) is 0 Å². The molecule has 0 aromatic carbocycles. The van der Waals surface area contributed by atoms with Crippen molar-refractivity contribution in [3.05, 3.63) is 23.7 Å². The maximum Gasteiger partial charge on any atom is 0.133 e. The molecule has 1 aromatic heterocycles. The normalized spacial score (nSPS) is 27.9. The lowest BCUT2D eigenvalue weighted by atomic mass is 10.0. The molecule has 2 rings (SSSR count). The molecular formula is C11H16O3. The molecule has 0 saturated carbocycles. The quantitative estimate of drug-likeness (QED) is 0.787. The molecule has 0 aliphatic carbocycles. The standard InChI is InChI=1S/C11H16O3/c1-2-9-3-4-10(14-9)11-7-8(12)5-6-13-11/h3-4,8,11-12H,2,5-7H2,1H3. The second kappa shape index (κ2) is 4.15. The van der Waals surface area contributed by atoms with Crippen molar-refractivity contribution in [2.45, 2.75) is 38.4 Å². The molecule has 0 radical (unpaired) electrons. The Morgan fingerprint density at radius 3 is 3.00 bits per heavy atom. The predicted octanol–water partition coefficient (Wildman–Crippen LogP) is 2.05. The molecule has 0 bridgehead atoms.